The minimum absolute atomic E-state index is 0.658. The third kappa shape index (κ3) is 5.11. The molecule has 0 amide bonds. The van der Waals surface area contributed by atoms with Crippen molar-refractivity contribution >= 4 is 16.5 Å². The third-order valence-electron chi connectivity index (χ3n) is 2.11. The van der Waals surface area contributed by atoms with E-state index < -0.39 is 0 Å². The fourth-order valence-corrected chi connectivity index (χ4v) is 2.30. The highest BCUT2D eigenvalue weighted by Crippen LogP contribution is 2.18. The first-order valence-electron chi connectivity index (χ1n) is 5.78. The van der Waals surface area contributed by atoms with Gasteiger partial charge in [-0.15, -0.1) is 10.2 Å². The van der Waals surface area contributed by atoms with Crippen molar-refractivity contribution in [2.75, 3.05) is 11.9 Å². The average Bonchev–Trinajstić information content (AvgIpc) is 2.59. The van der Waals surface area contributed by atoms with E-state index >= 15 is 0 Å². The molecule has 0 aliphatic carbocycles. The fourth-order valence-electron chi connectivity index (χ4n) is 1.33. The van der Waals surface area contributed by atoms with Crippen LogP contribution in [0.4, 0.5) is 5.13 Å². The number of hydrogen-bond acceptors (Lipinski definition) is 4. The van der Waals surface area contributed by atoms with Gasteiger partial charge in [-0.1, -0.05) is 44.9 Å². The Labute approximate surface area is 96.3 Å². The number of unbranched alkanes of at least 4 members (excludes halogenated alkanes) is 2. The van der Waals surface area contributed by atoms with Crippen molar-refractivity contribution in [2.45, 2.75) is 46.5 Å². The molecule has 4 heteroatoms. The molecule has 3 nitrogen and oxygen atoms in total. The summed E-state index contributed by atoms with van der Waals surface area (Å²) in [6.07, 6.45) is 4.80. The van der Waals surface area contributed by atoms with E-state index in [0.29, 0.717) is 5.92 Å². The molecule has 1 rings (SSSR count). The van der Waals surface area contributed by atoms with Crippen molar-refractivity contribution in [3.8, 4) is 0 Å². The predicted molar refractivity (Wildman–Crippen MR) is 66.5 cm³/mol. The molecule has 0 aromatic carbocycles. The van der Waals surface area contributed by atoms with E-state index in [0.717, 1.165) is 23.1 Å². The van der Waals surface area contributed by atoms with Gasteiger partial charge in [-0.25, -0.2) is 0 Å². The van der Waals surface area contributed by atoms with Crippen molar-refractivity contribution in [3.05, 3.63) is 5.01 Å². The van der Waals surface area contributed by atoms with Gasteiger partial charge in [-0.3, -0.25) is 0 Å². The maximum absolute atomic E-state index is 4.16. The zero-order valence-electron chi connectivity index (χ0n) is 9.92. The van der Waals surface area contributed by atoms with Crippen LogP contribution in [0.15, 0.2) is 0 Å². The van der Waals surface area contributed by atoms with Crippen LogP contribution in [0.3, 0.4) is 0 Å². The molecule has 0 bridgehead atoms. The second-order valence-corrected chi connectivity index (χ2v) is 5.29. The second kappa shape index (κ2) is 6.77. The Morgan fingerprint density at radius 3 is 2.73 bits per heavy atom. The lowest BCUT2D eigenvalue weighted by Crippen LogP contribution is -2.00. The quantitative estimate of drug-likeness (QED) is 0.726. The van der Waals surface area contributed by atoms with Gasteiger partial charge in [0.15, 0.2) is 0 Å². The number of hydrogen-bond donors (Lipinski definition) is 1. The molecule has 1 aromatic heterocycles. The lowest BCUT2D eigenvalue weighted by atomic mass is 10.1. The van der Waals surface area contributed by atoms with Crippen molar-refractivity contribution in [1.29, 1.82) is 0 Å². The second-order valence-electron chi connectivity index (χ2n) is 4.23. The summed E-state index contributed by atoms with van der Waals surface area (Å²) >= 11 is 1.69. The predicted octanol–water partition coefficient (Wildman–Crippen LogP) is 3.34. The van der Waals surface area contributed by atoms with Crippen LogP contribution in [0, 0.1) is 5.92 Å². The highest BCUT2D eigenvalue weighted by atomic mass is 32.1. The summed E-state index contributed by atoms with van der Waals surface area (Å²) in [5.41, 5.74) is 0. The molecule has 1 heterocycles. The number of nitrogens with zero attached hydrogens (tertiary/aromatic N) is 2. The normalized spacial score (nSPS) is 10.9. The summed E-state index contributed by atoms with van der Waals surface area (Å²) < 4.78 is 0. The lowest BCUT2D eigenvalue weighted by molar-refractivity contribution is 0.640. The van der Waals surface area contributed by atoms with Crippen LogP contribution >= 0.6 is 11.3 Å². The topological polar surface area (TPSA) is 37.8 Å². The van der Waals surface area contributed by atoms with Crippen molar-refractivity contribution in [2.24, 2.45) is 5.92 Å². The monoisotopic (exact) mass is 227 g/mol. The van der Waals surface area contributed by atoms with E-state index in [-0.39, 0.29) is 0 Å². The van der Waals surface area contributed by atoms with Gasteiger partial charge in [0, 0.05) is 13.0 Å². The number of nitrogens with one attached hydrogen (secondary N) is 1. The standard InChI is InChI=1S/C11H21N3S/c1-4-5-6-7-12-11-14-13-10(15-11)8-9(2)3/h9H,4-8H2,1-3H3,(H,12,14). The van der Waals surface area contributed by atoms with Crippen molar-refractivity contribution in [3.63, 3.8) is 0 Å². The molecule has 1 aromatic rings. The van der Waals surface area contributed by atoms with E-state index in [1.165, 1.54) is 19.3 Å². The molecule has 0 atom stereocenters. The molecule has 15 heavy (non-hydrogen) atoms. The molecule has 0 spiro atoms. The fraction of sp³-hybridized carbons (Fsp3) is 0.818. The molecular weight excluding hydrogens is 206 g/mol. The Bertz CT molecular complexity index is 271. The van der Waals surface area contributed by atoms with Crippen LogP contribution < -0.4 is 5.32 Å². The number of aromatic nitrogens is 2. The first-order valence-corrected chi connectivity index (χ1v) is 6.60. The van der Waals surface area contributed by atoms with Gasteiger partial charge in [0.2, 0.25) is 5.13 Å². The van der Waals surface area contributed by atoms with Crippen LogP contribution in [-0.2, 0) is 6.42 Å². The minimum atomic E-state index is 0.658. The molecule has 86 valence electrons. The Morgan fingerprint density at radius 1 is 1.27 bits per heavy atom. The molecule has 0 unspecified atom stereocenters. The summed E-state index contributed by atoms with van der Waals surface area (Å²) in [4.78, 5) is 0. The van der Waals surface area contributed by atoms with Crippen LogP contribution in [-0.4, -0.2) is 16.7 Å². The highest BCUT2D eigenvalue weighted by Gasteiger charge is 2.05. The van der Waals surface area contributed by atoms with Gasteiger partial charge >= 0.3 is 0 Å². The summed E-state index contributed by atoms with van der Waals surface area (Å²) in [6, 6.07) is 0. The van der Waals surface area contributed by atoms with E-state index in [9.17, 15) is 0 Å². The molecule has 0 radical (unpaired) electrons. The Hall–Kier alpha value is -0.640. The Kier molecular flexibility index (Phi) is 5.61. The summed E-state index contributed by atoms with van der Waals surface area (Å²) in [5, 5.41) is 13.7. The molecule has 1 N–H and O–H groups in total. The first-order chi connectivity index (χ1) is 7.22. The third-order valence-corrected chi connectivity index (χ3v) is 3.01. The summed E-state index contributed by atoms with van der Waals surface area (Å²) in [6.45, 7) is 7.64. The molecular formula is C11H21N3S. The summed E-state index contributed by atoms with van der Waals surface area (Å²) in [5.74, 6) is 0.658. The zero-order chi connectivity index (χ0) is 11.1. The Morgan fingerprint density at radius 2 is 2.07 bits per heavy atom. The molecule has 0 aliphatic rings. The van der Waals surface area contributed by atoms with Gasteiger partial charge in [-0.05, 0) is 12.3 Å². The smallest absolute Gasteiger partial charge is 0.205 e. The van der Waals surface area contributed by atoms with Crippen LogP contribution in [0.5, 0.6) is 0 Å². The van der Waals surface area contributed by atoms with Crippen LogP contribution in [0.1, 0.15) is 45.0 Å². The van der Waals surface area contributed by atoms with Crippen LogP contribution in [0.2, 0.25) is 0 Å². The molecule has 0 saturated heterocycles. The van der Waals surface area contributed by atoms with E-state index in [2.05, 4.69) is 36.3 Å². The average molecular weight is 227 g/mol. The van der Waals surface area contributed by atoms with E-state index in [4.69, 9.17) is 0 Å². The first kappa shape index (κ1) is 12.4. The van der Waals surface area contributed by atoms with Gasteiger partial charge < -0.3 is 5.32 Å². The summed E-state index contributed by atoms with van der Waals surface area (Å²) in [7, 11) is 0. The number of anilines is 1. The van der Waals surface area contributed by atoms with Crippen molar-refractivity contribution < 1.29 is 0 Å². The molecule has 0 fully saturated rings. The van der Waals surface area contributed by atoms with E-state index in [1.54, 1.807) is 11.3 Å². The van der Waals surface area contributed by atoms with Gasteiger partial charge in [0.1, 0.15) is 5.01 Å². The van der Waals surface area contributed by atoms with Crippen LogP contribution in [0.25, 0.3) is 0 Å². The molecule has 0 aliphatic heterocycles. The maximum atomic E-state index is 4.16. The largest absolute Gasteiger partial charge is 0.360 e. The molecule has 0 saturated carbocycles. The van der Waals surface area contributed by atoms with Gasteiger partial charge in [0.05, 0.1) is 0 Å². The SMILES string of the molecule is CCCCCNc1nnc(CC(C)C)s1. The zero-order valence-corrected chi connectivity index (χ0v) is 10.7. The van der Waals surface area contributed by atoms with E-state index in [1.807, 2.05) is 0 Å². The van der Waals surface area contributed by atoms with Gasteiger partial charge in [-0.2, -0.15) is 0 Å². The van der Waals surface area contributed by atoms with Crippen molar-refractivity contribution in [1.82, 2.24) is 10.2 Å². The lowest BCUT2D eigenvalue weighted by Gasteiger charge is -1.99. The minimum Gasteiger partial charge on any atom is -0.360 e. The number of rotatable bonds is 7. The van der Waals surface area contributed by atoms with Gasteiger partial charge in [0.25, 0.3) is 0 Å². The maximum Gasteiger partial charge on any atom is 0.205 e. The highest BCUT2D eigenvalue weighted by molar-refractivity contribution is 7.15. The Balaban J connectivity index is 2.26.